The van der Waals surface area contributed by atoms with Gasteiger partial charge < -0.3 is 5.32 Å². The predicted molar refractivity (Wildman–Crippen MR) is 88.1 cm³/mol. The standard InChI is InChI=1S/C14H15IN2OS/c1-4-10-6-12(19-9(10)3)14(18)17-13-8(2)5-11(15)7-16-13/h5-7H,4H2,1-3H3,(H,16,17,18). The third-order valence-corrected chi connectivity index (χ3v) is 4.58. The van der Waals surface area contributed by atoms with Gasteiger partial charge in [-0.3, -0.25) is 4.79 Å². The van der Waals surface area contributed by atoms with E-state index in [1.54, 1.807) is 6.20 Å². The lowest BCUT2D eigenvalue weighted by molar-refractivity contribution is 0.103. The predicted octanol–water partition coefficient (Wildman–Crippen LogP) is 4.18. The van der Waals surface area contributed by atoms with Crippen molar-refractivity contribution in [3.8, 4) is 0 Å². The fourth-order valence-electron chi connectivity index (χ4n) is 1.82. The summed E-state index contributed by atoms with van der Waals surface area (Å²) in [6.07, 6.45) is 2.71. The van der Waals surface area contributed by atoms with E-state index in [-0.39, 0.29) is 5.91 Å². The summed E-state index contributed by atoms with van der Waals surface area (Å²) in [6, 6.07) is 3.97. The summed E-state index contributed by atoms with van der Waals surface area (Å²) in [5, 5.41) is 2.88. The number of carbonyl (C=O) groups is 1. The summed E-state index contributed by atoms with van der Waals surface area (Å²) >= 11 is 3.74. The molecule has 0 atom stereocenters. The second kappa shape index (κ2) is 6.00. The van der Waals surface area contributed by atoms with Crippen molar-refractivity contribution < 1.29 is 4.79 Å². The summed E-state index contributed by atoms with van der Waals surface area (Å²) in [6.45, 7) is 6.10. The van der Waals surface area contributed by atoms with E-state index in [0.717, 1.165) is 20.4 Å². The molecule has 0 aliphatic heterocycles. The van der Waals surface area contributed by atoms with E-state index in [0.29, 0.717) is 5.82 Å². The van der Waals surface area contributed by atoms with Crippen LogP contribution in [0.5, 0.6) is 0 Å². The highest BCUT2D eigenvalue weighted by atomic mass is 127. The molecule has 100 valence electrons. The minimum absolute atomic E-state index is 0.0791. The molecule has 2 rings (SSSR count). The molecule has 19 heavy (non-hydrogen) atoms. The number of halogens is 1. The van der Waals surface area contributed by atoms with Crippen LogP contribution in [-0.2, 0) is 6.42 Å². The van der Waals surface area contributed by atoms with Crippen LogP contribution in [-0.4, -0.2) is 10.9 Å². The molecular weight excluding hydrogens is 371 g/mol. The maximum Gasteiger partial charge on any atom is 0.266 e. The molecule has 2 aromatic rings. The average molecular weight is 386 g/mol. The Morgan fingerprint density at radius 3 is 2.74 bits per heavy atom. The van der Waals surface area contributed by atoms with Gasteiger partial charge in [-0.2, -0.15) is 0 Å². The topological polar surface area (TPSA) is 42.0 Å². The molecular formula is C14H15IN2OS. The third-order valence-electron chi connectivity index (χ3n) is 2.90. The minimum Gasteiger partial charge on any atom is -0.306 e. The molecule has 0 spiro atoms. The largest absolute Gasteiger partial charge is 0.306 e. The molecule has 0 bridgehead atoms. The van der Waals surface area contributed by atoms with Crippen LogP contribution in [0.25, 0.3) is 0 Å². The molecule has 0 unspecified atom stereocenters. The average Bonchev–Trinajstić information content (AvgIpc) is 2.74. The zero-order valence-electron chi connectivity index (χ0n) is 11.1. The highest BCUT2D eigenvalue weighted by molar-refractivity contribution is 14.1. The van der Waals surface area contributed by atoms with Gasteiger partial charge in [0, 0.05) is 14.6 Å². The Morgan fingerprint density at radius 2 is 2.16 bits per heavy atom. The molecule has 0 aliphatic rings. The Bertz CT molecular complexity index is 622. The Morgan fingerprint density at radius 1 is 1.42 bits per heavy atom. The van der Waals surface area contributed by atoms with Crippen molar-refractivity contribution in [3.63, 3.8) is 0 Å². The first-order valence-electron chi connectivity index (χ1n) is 6.04. The molecule has 3 nitrogen and oxygen atoms in total. The van der Waals surface area contributed by atoms with Gasteiger partial charge in [-0.25, -0.2) is 4.98 Å². The smallest absolute Gasteiger partial charge is 0.266 e. The quantitative estimate of drug-likeness (QED) is 0.805. The highest BCUT2D eigenvalue weighted by Crippen LogP contribution is 2.23. The van der Waals surface area contributed by atoms with Gasteiger partial charge in [-0.1, -0.05) is 6.92 Å². The number of hydrogen-bond acceptors (Lipinski definition) is 3. The number of amides is 1. The van der Waals surface area contributed by atoms with Crippen molar-refractivity contribution >= 4 is 45.7 Å². The fourth-order valence-corrected chi connectivity index (χ4v) is 3.44. The van der Waals surface area contributed by atoms with Crippen molar-refractivity contribution in [3.05, 3.63) is 42.8 Å². The Balaban J connectivity index is 2.20. The first-order valence-corrected chi connectivity index (χ1v) is 7.93. The van der Waals surface area contributed by atoms with Crippen LogP contribution in [0.4, 0.5) is 5.82 Å². The number of thiophene rings is 1. The van der Waals surface area contributed by atoms with Gasteiger partial charge in [0.15, 0.2) is 0 Å². The zero-order chi connectivity index (χ0) is 14.0. The van der Waals surface area contributed by atoms with Crippen molar-refractivity contribution in [2.24, 2.45) is 0 Å². The van der Waals surface area contributed by atoms with E-state index in [1.165, 1.54) is 21.8 Å². The Hall–Kier alpha value is -0.950. The van der Waals surface area contributed by atoms with Crippen LogP contribution in [0.1, 0.15) is 32.6 Å². The highest BCUT2D eigenvalue weighted by Gasteiger charge is 2.13. The zero-order valence-corrected chi connectivity index (χ0v) is 14.1. The number of rotatable bonds is 3. The van der Waals surface area contributed by atoms with Gasteiger partial charge >= 0.3 is 0 Å². The summed E-state index contributed by atoms with van der Waals surface area (Å²) in [5.74, 6) is 0.555. The normalized spacial score (nSPS) is 10.5. The lowest BCUT2D eigenvalue weighted by Crippen LogP contribution is -2.12. The van der Waals surface area contributed by atoms with Crippen molar-refractivity contribution in [1.29, 1.82) is 0 Å². The van der Waals surface area contributed by atoms with Crippen LogP contribution in [0.15, 0.2) is 18.3 Å². The second-order valence-corrected chi connectivity index (χ2v) is 6.82. The number of pyridine rings is 1. The molecule has 5 heteroatoms. The molecule has 0 fully saturated rings. The van der Waals surface area contributed by atoms with Gasteiger partial charge in [0.1, 0.15) is 5.82 Å². The van der Waals surface area contributed by atoms with Gasteiger partial charge in [0.25, 0.3) is 5.91 Å². The molecule has 1 N–H and O–H groups in total. The Kier molecular flexibility index (Phi) is 4.57. The number of nitrogens with one attached hydrogen (secondary N) is 1. The first kappa shape index (κ1) is 14.5. The van der Waals surface area contributed by atoms with Gasteiger partial charge in [0.05, 0.1) is 4.88 Å². The lowest BCUT2D eigenvalue weighted by atomic mass is 10.2. The number of hydrogen-bond donors (Lipinski definition) is 1. The number of aryl methyl sites for hydroxylation is 3. The lowest BCUT2D eigenvalue weighted by Gasteiger charge is -2.06. The molecule has 2 heterocycles. The van der Waals surface area contributed by atoms with E-state index in [9.17, 15) is 4.79 Å². The van der Waals surface area contributed by atoms with Gasteiger partial charge in [-0.15, -0.1) is 11.3 Å². The van der Waals surface area contributed by atoms with E-state index in [4.69, 9.17) is 0 Å². The van der Waals surface area contributed by atoms with Crippen LogP contribution in [0.3, 0.4) is 0 Å². The first-order chi connectivity index (χ1) is 9.01. The minimum atomic E-state index is -0.0791. The number of nitrogens with zero attached hydrogens (tertiary/aromatic N) is 1. The van der Waals surface area contributed by atoms with E-state index < -0.39 is 0 Å². The van der Waals surface area contributed by atoms with E-state index >= 15 is 0 Å². The molecule has 0 saturated heterocycles. The maximum absolute atomic E-state index is 12.2. The summed E-state index contributed by atoms with van der Waals surface area (Å²) in [4.78, 5) is 18.4. The van der Waals surface area contributed by atoms with Crippen LogP contribution in [0.2, 0.25) is 0 Å². The van der Waals surface area contributed by atoms with Crippen LogP contribution in [0, 0.1) is 17.4 Å². The summed E-state index contributed by atoms with van der Waals surface area (Å²) in [5.41, 5.74) is 2.21. The maximum atomic E-state index is 12.2. The molecule has 0 aliphatic carbocycles. The van der Waals surface area contributed by atoms with Gasteiger partial charge in [-0.05, 0) is 66.1 Å². The van der Waals surface area contributed by atoms with E-state index in [1.807, 2.05) is 19.1 Å². The molecule has 1 amide bonds. The number of aromatic nitrogens is 1. The third kappa shape index (κ3) is 3.33. The van der Waals surface area contributed by atoms with E-state index in [2.05, 4.69) is 46.7 Å². The number of carbonyl (C=O) groups excluding carboxylic acids is 1. The fraction of sp³-hybridized carbons (Fsp3) is 0.286. The van der Waals surface area contributed by atoms with Crippen molar-refractivity contribution in [2.45, 2.75) is 27.2 Å². The van der Waals surface area contributed by atoms with Crippen molar-refractivity contribution in [2.75, 3.05) is 5.32 Å². The van der Waals surface area contributed by atoms with Crippen LogP contribution < -0.4 is 5.32 Å². The SMILES string of the molecule is CCc1cc(C(=O)Nc2ncc(I)cc2C)sc1C. The monoisotopic (exact) mass is 386 g/mol. The molecule has 0 radical (unpaired) electrons. The molecule has 2 aromatic heterocycles. The van der Waals surface area contributed by atoms with Gasteiger partial charge in [0.2, 0.25) is 0 Å². The second-order valence-electron chi connectivity index (χ2n) is 4.32. The Labute approximate surface area is 130 Å². The summed E-state index contributed by atoms with van der Waals surface area (Å²) < 4.78 is 1.06. The molecule has 0 saturated carbocycles. The summed E-state index contributed by atoms with van der Waals surface area (Å²) in [7, 11) is 0. The number of anilines is 1. The molecule has 0 aromatic carbocycles. The van der Waals surface area contributed by atoms with Crippen molar-refractivity contribution in [1.82, 2.24) is 4.98 Å². The van der Waals surface area contributed by atoms with Crippen LogP contribution >= 0.6 is 33.9 Å².